The molecule has 1 N–H and O–H groups in total. The average Bonchev–Trinajstić information content (AvgIpc) is 2.61. The number of morpholine rings is 1. The van der Waals surface area contributed by atoms with Gasteiger partial charge in [0.1, 0.15) is 0 Å². The largest absolute Gasteiger partial charge is 0.379 e. The molecule has 0 amide bonds. The minimum absolute atomic E-state index is 0.701. The number of nitrogens with zero attached hydrogens (tertiary/aromatic N) is 2. The second kappa shape index (κ2) is 10.4. The lowest BCUT2D eigenvalue weighted by atomic mass is 10.1. The van der Waals surface area contributed by atoms with Crippen molar-refractivity contribution in [2.75, 3.05) is 45.9 Å². The van der Waals surface area contributed by atoms with Gasteiger partial charge in [-0.05, 0) is 31.1 Å². The van der Waals surface area contributed by atoms with Gasteiger partial charge >= 0.3 is 0 Å². The summed E-state index contributed by atoms with van der Waals surface area (Å²) in [5, 5.41) is 4.06. The second-order valence-electron chi connectivity index (χ2n) is 6.19. The van der Waals surface area contributed by atoms with Gasteiger partial charge in [0.25, 0.3) is 0 Å². The highest BCUT2D eigenvalue weighted by Gasteiger charge is 2.13. The Morgan fingerprint density at radius 3 is 2.71 bits per heavy atom. The number of benzene rings is 1. The molecule has 1 aliphatic heterocycles. The molecule has 24 heavy (non-hydrogen) atoms. The Balaban J connectivity index is 1.87. The summed E-state index contributed by atoms with van der Waals surface area (Å²) in [5.41, 5.74) is 2.57. The molecular formula is C19H29N3OS. The van der Waals surface area contributed by atoms with Gasteiger partial charge in [0.05, 0.1) is 13.2 Å². The molecule has 0 atom stereocenters. The third kappa shape index (κ3) is 6.59. The fourth-order valence-electron chi connectivity index (χ4n) is 2.75. The number of ether oxygens (including phenoxy) is 1. The molecular weight excluding hydrogens is 318 g/mol. The first-order chi connectivity index (χ1) is 11.7. The van der Waals surface area contributed by atoms with Crippen molar-refractivity contribution in [2.24, 2.45) is 0 Å². The first kappa shape index (κ1) is 18.9. The highest BCUT2D eigenvalue weighted by atomic mass is 32.1. The molecule has 1 aliphatic rings. The Morgan fingerprint density at radius 1 is 1.33 bits per heavy atom. The zero-order chi connectivity index (χ0) is 17.2. The van der Waals surface area contributed by atoms with E-state index in [1.54, 1.807) is 0 Å². The highest BCUT2D eigenvalue weighted by Crippen LogP contribution is 2.09. The summed E-state index contributed by atoms with van der Waals surface area (Å²) < 4.78 is 5.41. The number of thiocarbonyl (C=S) groups is 1. The van der Waals surface area contributed by atoms with Gasteiger partial charge in [0, 0.05) is 39.3 Å². The van der Waals surface area contributed by atoms with E-state index in [1.165, 1.54) is 11.1 Å². The van der Waals surface area contributed by atoms with Crippen LogP contribution in [0.4, 0.5) is 0 Å². The van der Waals surface area contributed by atoms with Crippen molar-refractivity contribution in [2.45, 2.75) is 19.9 Å². The van der Waals surface area contributed by atoms with Crippen molar-refractivity contribution in [3.05, 3.63) is 48.0 Å². The van der Waals surface area contributed by atoms with E-state index in [0.29, 0.717) is 6.54 Å². The molecule has 4 nitrogen and oxygen atoms in total. The molecule has 0 spiro atoms. The fourth-order valence-corrected chi connectivity index (χ4v) is 2.99. The van der Waals surface area contributed by atoms with E-state index >= 15 is 0 Å². The van der Waals surface area contributed by atoms with E-state index in [2.05, 4.69) is 52.9 Å². The van der Waals surface area contributed by atoms with Gasteiger partial charge in [-0.25, -0.2) is 0 Å². The Labute approximate surface area is 151 Å². The van der Waals surface area contributed by atoms with Crippen LogP contribution in [0.15, 0.2) is 36.9 Å². The maximum atomic E-state index is 5.57. The number of hydrogen-bond donors (Lipinski definition) is 1. The number of hydrogen-bond acceptors (Lipinski definition) is 3. The van der Waals surface area contributed by atoms with Crippen LogP contribution in [0.1, 0.15) is 17.5 Å². The quantitative estimate of drug-likeness (QED) is 0.576. The maximum Gasteiger partial charge on any atom is 0.169 e. The molecule has 0 bridgehead atoms. The van der Waals surface area contributed by atoms with Crippen LogP contribution in [0.2, 0.25) is 0 Å². The zero-order valence-corrected chi connectivity index (χ0v) is 15.5. The summed E-state index contributed by atoms with van der Waals surface area (Å²) in [4.78, 5) is 4.72. The Kier molecular flexibility index (Phi) is 8.22. The predicted octanol–water partition coefficient (Wildman–Crippen LogP) is 2.58. The van der Waals surface area contributed by atoms with E-state index in [4.69, 9.17) is 17.0 Å². The van der Waals surface area contributed by atoms with Crippen LogP contribution in [-0.2, 0) is 11.3 Å². The molecule has 2 rings (SSSR count). The van der Waals surface area contributed by atoms with Crippen molar-refractivity contribution in [1.82, 2.24) is 15.1 Å². The van der Waals surface area contributed by atoms with Gasteiger partial charge in [0.2, 0.25) is 0 Å². The van der Waals surface area contributed by atoms with Crippen LogP contribution in [0.3, 0.4) is 0 Å². The lowest BCUT2D eigenvalue weighted by molar-refractivity contribution is 0.0367. The van der Waals surface area contributed by atoms with E-state index < -0.39 is 0 Å². The van der Waals surface area contributed by atoms with E-state index in [1.807, 2.05) is 6.08 Å². The zero-order valence-electron chi connectivity index (χ0n) is 14.7. The third-order valence-corrected chi connectivity index (χ3v) is 4.59. The van der Waals surface area contributed by atoms with Crippen LogP contribution in [0.25, 0.3) is 0 Å². The molecule has 0 aliphatic carbocycles. The molecule has 132 valence electrons. The molecule has 5 heteroatoms. The molecule has 0 saturated carbocycles. The molecule has 0 radical (unpaired) electrons. The summed E-state index contributed by atoms with van der Waals surface area (Å²) >= 11 is 5.57. The predicted molar refractivity (Wildman–Crippen MR) is 104 cm³/mol. The van der Waals surface area contributed by atoms with E-state index in [9.17, 15) is 0 Å². The first-order valence-corrected chi connectivity index (χ1v) is 9.09. The standard InChI is InChI=1S/C19H29N3OS/c1-3-9-20-19(24)22(16-18-7-5-17(2)6-8-18)11-4-10-21-12-14-23-15-13-21/h3,5-8H,1,4,9-16H2,2H3,(H,20,24). The first-order valence-electron chi connectivity index (χ1n) is 8.68. The Hall–Kier alpha value is -1.43. The number of rotatable bonds is 8. The van der Waals surface area contributed by atoms with Crippen molar-refractivity contribution < 1.29 is 4.74 Å². The van der Waals surface area contributed by atoms with Crippen LogP contribution < -0.4 is 5.32 Å². The molecule has 1 aromatic carbocycles. The summed E-state index contributed by atoms with van der Waals surface area (Å²) in [7, 11) is 0. The number of nitrogens with one attached hydrogen (secondary N) is 1. The molecule has 1 saturated heterocycles. The van der Waals surface area contributed by atoms with E-state index in [0.717, 1.165) is 57.5 Å². The van der Waals surface area contributed by atoms with E-state index in [-0.39, 0.29) is 0 Å². The monoisotopic (exact) mass is 347 g/mol. The summed E-state index contributed by atoms with van der Waals surface area (Å²) in [5.74, 6) is 0. The number of aryl methyl sites for hydroxylation is 1. The Morgan fingerprint density at radius 2 is 2.04 bits per heavy atom. The van der Waals surface area contributed by atoms with Crippen LogP contribution in [-0.4, -0.2) is 60.8 Å². The summed E-state index contributed by atoms with van der Waals surface area (Å²) in [6.45, 7) is 13.2. The van der Waals surface area contributed by atoms with Gasteiger partial charge in [-0.1, -0.05) is 35.9 Å². The van der Waals surface area contributed by atoms with Crippen molar-refractivity contribution >= 4 is 17.3 Å². The third-order valence-electron chi connectivity index (χ3n) is 4.18. The topological polar surface area (TPSA) is 27.7 Å². The highest BCUT2D eigenvalue weighted by molar-refractivity contribution is 7.80. The molecule has 1 heterocycles. The van der Waals surface area contributed by atoms with Crippen molar-refractivity contribution in [3.63, 3.8) is 0 Å². The SMILES string of the molecule is C=CCNC(=S)N(CCCN1CCOCC1)Cc1ccc(C)cc1. The molecule has 0 aromatic heterocycles. The minimum atomic E-state index is 0.701. The van der Waals surface area contributed by atoms with Gasteiger partial charge in [0.15, 0.2) is 5.11 Å². The molecule has 0 unspecified atom stereocenters. The molecule has 1 fully saturated rings. The maximum absolute atomic E-state index is 5.57. The van der Waals surface area contributed by atoms with Crippen LogP contribution in [0.5, 0.6) is 0 Å². The molecule has 1 aromatic rings. The summed E-state index contributed by atoms with van der Waals surface area (Å²) in [6, 6.07) is 8.67. The van der Waals surface area contributed by atoms with Crippen LogP contribution in [0, 0.1) is 6.92 Å². The summed E-state index contributed by atoms with van der Waals surface area (Å²) in [6.07, 6.45) is 2.94. The second-order valence-corrected chi connectivity index (χ2v) is 6.58. The van der Waals surface area contributed by atoms with Crippen molar-refractivity contribution in [1.29, 1.82) is 0 Å². The normalized spacial score (nSPS) is 15.0. The van der Waals surface area contributed by atoms with Gasteiger partial charge < -0.3 is 15.0 Å². The van der Waals surface area contributed by atoms with Gasteiger partial charge in [-0.3, -0.25) is 4.90 Å². The average molecular weight is 348 g/mol. The lowest BCUT2D eigenvalue weighted by Crippen LogP contribution is -2.42. The smallest absolute Gasteiger partial charge is 0.169 e. The van der Waals surface area contributed by atoms with Gasteiger partial charge in [-0.2, -0.15) is 0 Å². The lowest BCUT2D eigenvalue weighted by Gasteiger charge is -2.29. The van der Waals surface area contributed by atoms with Crippen LogP contribution >= 0.6 is 12.2 Å². The minimum Gasteiger partial charge on any atom is -0.379 e. The van der Waals surface area contributed by atoms with Gasteiger partial charge in [-0.15, -0.1) is 6.58 Å². The fraction of sp³-hybridized carbons (Fsp3) is 0.526. The van der Waals surface area contributed by atoms with Crippen molar-refractivity contribution in [3.8, 4) is 0 Å². The Bertz CT molecular complexity index is 512.